The van der Waals surface area contributed by atoms with Crippen LogP contribution in [0.1, 0.15) is 62.9 Å². The van der Waals surface area contributed by atoms with E-state index in [0.29, 0.717) is 35.2 Å². The highest BCUT2D eigenvalue weighted by molar-refractivity contribution is 7.89. The molecule has 0 bridgehead atoms. The molecule has 1 aliphatic rings. The Morgan fingerprint density at radius 2 is 1.96 bits per heavy atom. The van der Waals surface area contributed by atoms with Gasteiger partial charge < -0.3 is 9.15 Å². The molecule has 27 heavy (non-hydrogen) atoms. The van der Waals surface area contributed by atoms with Gasteiger partial charge in [-0.1, -0.05) is 27.7 Å². The normalized spacial score (nSPS) is 19.1. The number of morpholine rings is 1. The van der Waals surface area contributed by atoms with Crippen molar-refractivity contribution in [2.75, 3.05) is 19.7 Å². The van der Waals surface area contributed by atoms with E-state index in [4.69, 9.17) is 9.15 Å². The SMILES string of the molecule is CCc1nn(C)c(CC)c1S(=O)(=O)N1CCOC(c2nnc(C(C)C)o2)C1. The van der Waals surface area contributed by atoms with Crippen LogP contribution in [0.25, 0.3) is 0 Å². The molecule has 9 nitrogen and oxygen atoms in total. The van der Waals surface area contributed by atoms with Crippen LogP contribution < -0.4 is 0 Å². The Balaban J connectivity index is 1.91. The molecule has 0 N–H and O–H groups in total. The van der Waals surface area contributed by atoms with Gasteiger partial charge in [-0.25, -0.2) is 8.42 Å². The van der Waals surface area contributed by atoms with Crippen LogP contribution in [0.4, 0.5) is 0 Å². The summed E-state index contributed by atoms with van der Waals surface area (Å²) in [5, 5.41) is 12.5. The molecular formula is C17H27N5O4S. The minimum absolute atomic E-state index is 0.101. The molecule has 1 fully saturated rings. The Bertz CT molecular complexity index is 903. The van der Waals surface area contributed by atoms with Crippen LogP contribution in [0, 0.1) is 0 Å². The molecular weight excluding hydrogens is 370 g/mol. The minimum Gasteiger partial charge on any atom is -0.422 e. The second-order valence-electron chi connectivity index (χ2n) is 6.91. The van der Waals surface area contributed by atoms with Gasteiger partial charge in [0.15, 0.2) is 0 Å². The minimum atomic E-state index is -3.70. The molecule has 0 saturated carbocycles. The van der Waals surface area contributed by atoms with E-state index in [-0.39, 0.29) is 25.6 Å². The van der Waals surface area contributed by atoms with Gasteiger partial charge in [0.25, 0.3) is 0 Å². The summed E-state index contributed by atoms with van der Waals surface area (Å²) < 4.78 is 41.3. The topological polar surface area (TPSA) is 103 Å². The van der Waals surface area contributed by atoms with E-state index >= 15 is 0 Å². The summed E-state index contributed by atoms with van der Waals surface area (Å²) in [4.78, 5) is 0.323. The van der Waals surface area contributed by atoms with E-state index in [9.17, 15) is 8.42 Å². The van der Waals surface area contributed by atoms with Crippen molar-refractivity contribution >= 4 is 10.0 Å². The zero-order valence-corrected chi connectivity index (χ0v) is 17.3. The van der Waals surface area contributed by atoms with Gasteiger partial charge >= 0.3 is 0 Å². The number of ether oxygens (including phenoxy) is 1. The zero-order valence-electron chi connectivity index (χ0n) is 16.5. The van der Waals surface area contributed by atoms with Crippen LogP contribution >= 0.6 is 0 Å². The first-order valence-corrected chi connectivity index (χ1v) is 10.7. The third kappa shape index (κ3) is 3.65. The highest BCUT2D eigenvalue weighted by Gasteiger charge is 2.37. The number of hydrogen-bond acceptors (Lipinski definition) is 7. The molecule has 1 aliphatic heterocycles. The lowest BCUT2D eigenvalue weighted by atomic mass is 10.2. The van der Waals surface area contributed by atoms with Crippen LogP contribution in [0.5, 0.6) is 0 Å². The predicted octanol–water partition coefficient (Wildman–Crippen LogP) is 1.81. The van der Waals surface area contributed by atoms with Gasteiger partial charge in [0.05, 0.1) is 18.0 Å². The molecule has 0 spiro atoms. The zero-order chi connectivity index (χ0) is 19.8. The molecule has 150 valence electrons. The largest absolute Gasteiger partial charge is 0.422 e. The fourth-order valence-corrected chi connectivity index (χ4v) is 5.21. The van der Waals surface area contributed by atoms with Crippen LogP contribution in [0.2, 0.25) is 0 Å². The first-order chi connectivity index (χ1) is 12.8. The molecule has 1 saturated heterocycles. The molecule has 0 radical (unpaired) electrons. The lowest BCUT2D eigenvalue weighted by Crippen LogP contribution is -2.42. The summed E-state index contributed by atoms with van der Waals surface area (Å²) in [6.45, 7) is 8.45. The maximum atomic E-state index is 13.4. The third-order valence-electron chi connectivity index (χ3n) is 4.71. The fraction of sp³-hybridized carbons (Fsp3) is 0.706. The first kappa shape index (κ1) is 20.0. The highest BCUT2D eigenvalue weighted by atomic mass is 32.2. The van der Waals surface area contributed by atoms with Crippen LogP contribution in [-0.2, 0) is 34.6 Å². The molecule has 2 aromatic rings. The summed E-state index contributed by atoms with van der Waals surface area (Å²) in [5.41, 5.74) is 1.31. The Kier molecular flexibility index (Phi) is 5.68. The summed E-state index contributed by atoms with van der Waals surface area (Å²) in [7, 11) is -1.91. The van der Waals surface area contributed by atoms with Crippen molar-refractivity contribution in [3.05, 3.63) is 23.2 Å². The fourth-order valence-electron chi connectivity index (χ4n) is 3.25. The Hall–Kier alpha value is -1.78. The summed E-state index contributed by atoms with van der Waals surface area (Å²) >= 11 is 0. The average molecular weight is 398 g/mol. The monoisotopic (exact) mass is 397 g/mol. The Morgan fingerprint density at radius 3 is 2.56 bits per heavy atom. The van der Waals surface area contributed by atoms with Crippen molar-refractivity contribution in [3.8, 4) is 0 Å². The maximum absolute atomic E-state index is 13.4. The molecule has 0 aliphatic carbocycles. The second-order valence-corrected chi connectivity index (χ2v) is 8.78. The molecule has 3 heterocycles. The lowest BCUT2D eigenvalue weighted by Gasteiger charge is -2.30. The van der Waals surface area contributed by atoms with Crippen molar-refractivity contribution < 1.29 is 17.6 Å². The van der Waals surface area contributed by atoms with Gasteiger partial charge in [0.2, 0.25) is 21.8 Å². The average Bonchev–Trinajstić information content (AvgIpc) is 3.26. The van der Waals surface area contributed by atoms with Crippen LogP contribution in [0.15, 0.2) is 9.31 Å². The molecule has 0 aromatic carbocycles. The number of nitrogens with zero attached hydrogens (tertiary/aromatic N) is 5. The highest BCUT2D eigenvalue weighted by Crippen LogP contribution is 2.30. The lowest BCUT2D eigenvalue weighted by molar-refractivity contribution is -0.0179. The summed E-state index contributed by atoms with van der Waals surface area (Å²) in [5.74, 6) is 0.933. The molecule has 2 aromatic heterocycles. The number of rotatable bonds is 6. The maximum Gasteiger partial charge on any atom is 0.246 e. The predicted molar refractivity (Wildman–Crippen MR) is 97.8 cm³/mol. The first-order valence-electron chi connectivity index (χ1n) is 9.29. The van der Waals surface area contributed by atoms with E-state index in [1.807, 2.05) is 27.7 Å². The molecule has 3 rings (SSSR count). The van der Waals surface area contributed by atoms with Gasteiger partial charge in [0, 0.05) is 26.1 Å². The van der Waals surface area contributed by atoms with Gasteiger partial charge in [-0.05, 0) is 12.8 Å². The number of aromatic nitrogens is 4. The van der Waals surface area contributed by atoms with Crippen molar-refractivity contribution in [2.45, 2.75) is 57.5 Å². The number of aryl methyl sites for hydroxylation is 2. The number of sulfonamides is 1. The van der Waals surface area contributed by atoms with E-state index in [2.05, 4.69) is 15.3 Å². The molecule has 0 amide bonds. The van der Waals surface area contributed by atoms with Crippen molar-refractivity contribution in [2.24, 2.45) is 7.05 Å². The van der Waals surface area contributed by atoms with E-state index in [0.717, 1.165) is 5.69 Å². The standard InChI is InChI=1S/C17H27N5O4S/c1-6-12-15(13(7-2)21(5)20-12)27(23,24)22-8-9-25-14(10-22)17-19-18-16(26-17)11(3)4/h11,14H,6-10H2,1-5H3. The van der Waals surface area contributed by atoms with Gasteiger partial charge in [-0.3, -0.25) is 4.68 Å². The quantitative estimate of drug-likeness (QED) is 0.732. The smallest absolute Gasteiger partial charge is 0.246 e. The molecule has 1 unspecified atom stereocenters. The Labute approximate surface area is 159 Å². The second kappa shape index (κ2) is 7.69. The van der Waals surface area contributed by atoms with E-state index in [1.54, 1.807) is 11.7 Å². The van der Waals surface area contributed by atoms with Crippen LogP contribution in [0.3, 0.4) is 0 Å². The van der Waals surface area contributed by atoms with Crippen LogP contribution in [-0.4, -0.2) is 52.4 Å². The summed E-state index contributed by atoms with van der Waals surface area (Å²) in [6, 6.07) is 0. The Morgan fingerprint density at radius 1 is 1.22 bits per heavy atom. The van der Waals surface area contributed by atoms with Crippen molar-refractivity contribution in [1.82, 2.24) is 24.3 Å². The van der Waals surface area contributed by atoms with E-state index < -0.39 is 16.1 Å². The third-order valence-corrected chi connectivity index (χ3v) is 6.71. The van der Waals surface area contributed by atoms with Gasteiger partial charge in [-0.2, -0.15) is 9.40 Å². The van der Waals surface area contributed by atoms with Crippen molar-refractivity contribution in [1.29, 1.82) is 0 Å². The number of hydrogen-bond donors (Lipinski definition) is 0. The molecule has 10 heteroatoms. The molecule has 1 atom stereocenters. The van der Waals surface area contributed by atoms with Crippen molar-refractivity contribution in [3.63, 3.8) is 0 Å². The van der Waals surface area contributed by atoms with Gasteiger partial charge in [0.1, 0.15) is 11.0 Å². The van der Waals surface area contributed by atoms with E-state index in [1.165, 1.54) is 4.31 Å². The van der Waals surface area contributed by atoms with Gasteiger partial charge in [-0.15, -0.1) is 10.2 Å². The summed E-state index contributed by atoms with van der Waals surface area (Å²) in [6.07, 6.45) is 0.575.